The largest absolute Gasteiger partial charge is 0.506 e. The summed E-state index contributed by atoms with van der Waals surface area (Å²) in [5, 5.41) is 19.8. The van der Waals surface area contributed by atoms with Gasteiger partial charge in [-0.3, -0.25) is 9.88 Å². The molecule has 3 rings (SSSR count). The van der Waals surface area contributed by atoms with Crippen LogP contribution in [0.15, 0.2) is 24.9 Å². The highest BCUT2D eigenvalue weighted by Gasteiger charge is 2.22. The number of aliphatic hydroxyl groups is 1. The standard InChI is InChI=1S/C17H24N4O2/c1-13-17(23)16(15(11-22)7-19-13)10-20-5-2-3-14(8-20)9-21-6-4-18-12-21/h4,6-7,12,14,22-23H,2-3,5,8-11H2,1H3/t14-/m1/s1. The first-order valence-corrected chi connectivity index (χ1v) is 8.12. The number of hydrogen-bond acceptors (Lipinski definition) is 5. The molecule has 1 saturated heterocycles. The number of aryl methyl sites for hydroxylation is 1. The second kappa shape index (κ2) is 7.10. The van der Waals surface area contributed by atoms with Gasteiger partial charge in [0.15, 0.2) is 0 Å². The Bertz CT molecular complexity index is 642. The molecule has 0 unspecified atom stereocenters. The fraction of sp³-hybridized carbons (Fsp3) is 0.529. The zero-order valence-electron chi connectivity index (χ0n) is 13.5. The monoisotopic (exact) mass is 316 g/mol. The Labute approximate surface area is 136 Å². The maximum atomic E-state index is 10.3. The van der Waals surface area contributed by atoms with Crippen LogP contribution in [0.2, 0.25) is 0 Å². The quantitative estimate of drug-likeness (QED) is 0.878. The van der Waals surface area contributed by atoms with Gasteiger partial charge in [0.1, 0.15) is 5.75 Å². The molecule has 2 aromatic heterocycles. The summed E-state index contributed by atoms with van der Waals surface area (Å²) in [6.45, 7) is 5.34. The van der Waals surface area contributed by atoms with Gasteiger partial charge < -0.3 is 14.8 Å². The molecule has 0 amide bonds. The first-order valence-electron chi connectivity index (χ1n) is 8.12. The highest BCUT2D eigenvalue weighted by molar-refractivity contribution is 5.40. The van der Waals surface area contributed by atoms with E-state index in [-0.39, 0.29) is 12.4 Å². The fourth-order valence-electron chi connectivity index (χ4n) is 3.36. The number of rotatable bonds is 5. The first-order chi connectivity index (χ1) is 11.2. The number of nitrogens with zero attached hydrogens (tertiary/aromatic N) is 4. The molecule has 2 N–H and O–H groups in total. The predicted octanol–water partition coefficient (Wildman–Crippen LogP) is 1.70. The van der Waals surface area contributed by atoms with Gasteiger partial charge in [0.05, 0.1) is 18.6 Å². The van der Waals surface area contributed by atoms with Crippen LogP contribution in [0.5, 0.6) is 5.75 Å². The molecule has 3 heterocycles. The van der Waals surface area contributed by atoms with Crippen LogP contribution in [0.3, 0.4) is 0 Å². The van der Waals surface area contributed by atoms with Gasteiger partial charge in [-0.15, -0.1) is 0 Å². The minimum absolute atomic E-state index is 0.0948. The molecular weight excluding hydrogens is 292 g/mol. The Morgan fingerprint density at radius 2 is 2.26 bits per heavy atom. The summed E-state index contributed by atoms with van der Waals surface area (Å²) >= 11 is 0. The second-order valence-corrected chi connectivity index (χ2v) is 6.36. The topological polar surface area (TPSA) is 74.4 Å². The van der Waals surface area contributed by atoms with Crippen LogP contribution >= 0.6 is 0 Å². The molecule has 6 nitrogen and oxygen atoms in total. The molecular formula is C17H24N4O2. The minimum atomic E-state index is -0.0948. The molecule has 1 aliphatic heterocycles. The third-order valence-corrected chi connectivity index (χ3v) is 4.61. The van der Waals surface area contributed by atoms with Gasteiger partial charge in [0, 0.05) is 49.4 Å². The van der Waals surface area contributed by atoms with Gasteiger partial charge in [-0.25, -0.2) is 4.98 Å². The molecule has 124 valence electrons. The summed E-state index contributed by atoms with van der Waals surface area (Å²) in [6, 6.07) is 0. The third kappa shape index (κ3) is 3.71. The normalized spacial score (nSPS) is 19.1. The maximum Gasteiger partial charge on any atom is 0.141 e. The number of imidazole rings is 1. The van der Waals surface area contributed by atoms with Crippen molar-refractivity contribution in [2.75, 3.05) is 13.1 Å². The Hall–Kier alpha value is -1.92. The molecule has 0 saturated carbocycles. The molecule has 0 bridgehead atoms. The highest BCUT2D eigenvalue weighted by Crippen LogP contribution is 2.27. The van der Waals surface area contributed by atoms with E-state index in [9.17, 15) is 10.2 Å². The fourth-order valence-corrected chi connectivity index (χ4v) is 3.36. The number of aromatic hydroxyl groups is 1. The van der Waals surface area contributed by atoms with Crippen LogP contribution in [0.1, 0.15) is 29.7 Å². The van der Waals surface area contributed by atoms with Crippen molar-refractivity contribution in [1.82, 2.24) is 19.4 Å². The van der Waals surface area contributed by atoms with E-state index in [0.29, 0.717) is 23.7 Å². The van der Waals surface area contributed by atoms with Gasteiger partial charge in [0.2, 0.25) is 0 Å². The van der Waals surface area contributed by atoms with Crippen molar-refractivity contribution in [2.45, 2.75) is 39.5 Å². The average Bonchev–Trinajstić information content (AvgIpc) is 3.05. The summed E-state index contributed by atoms with van der Waals surface area (Å²) in [7, 11) is 0. The van der Waals surface area contributed by atoms with Crippen LogP contribution in [0.25, 0.3) is 0 Å². The van der Waals surface area contributed by atoms with Gasteiger partial charge in [-0.1, -0.05) is 0 Å². The lowest BCUT2D eigenvalue weighted by molar-refractivity contribution is 0.153. The van der Waals surface area contributed by atoms with Gasteiger partial charge in [-0.2, -0.15) is 0 Å². The van der Waals surface area contributed by atoms with Gasteiger partial charge in [-0.05, 0) is 32.2 Å². The van der Waals surface area contributed by atoms with E-state index < -0.39 is 0 Å². The van der Waals surface area contributed by atoms with Crippen LogP contribution in [-0.4, -0.2) is 42.7 Å². The van der Waals surface area contributed by atoms with Crippen molar-refractivity contribution in [3.63, 3.8) is 0 Å². The van der Waals surface area contributed by atoms with E-state index >= 15 is 0 Å². The minimum Gasteiger partial charge on any atom is -0.506 e. The molecule has 6 heteroatoms. The number of pyridine rings is 1. The molecule has 1 aliphatic rings. The smallest absolute Gasteiger partial charge is 0.141 e. The number of piperidine rings is 1. The van der Waals surface area contributed by atoms with Crippen molar-refractivity contribution < 1.29 is 10.2 Å². The van der Waals surface area contributed by atoms with Crippen LogP contribution in [0.4, 0.5) is 0 Å². The zero-order chi connectivity index (χ0) is 16.2. The van der Waals surface area contributed by atoms with Crippen LogP contribution in [0, 0.1) is 12.8 Å². The maximum absolute atomic E-state index is 10.3. The number of aliphatic hydroxyl groups excluding tert-OH is 1. The first kappa shape index (κ1) is 16.0. The molecule has 1 atom stereocenters. The molecule has 1 fully saturated rings. The molecule has 23 heavy (non-hydrogen) atoms. The molecule has 0 aromatic carbocycles. The van der Waals surface area contributed by atoms with Gasteiger partial charge in [0.25, 0.3) is 0 Å². The SMILES string of the molecule is Cc1ncc(CO)c(CN2CCC[C@@H](Cn3ccnc3)C2)c1O. The predicted molar refractivity (Wildman–Crippen MR) is 86.8 cm³/mol. The summed E-state index contributed by atoms with van der Waals surface area (Å²) in [4.78, 5) is 10.6. The van der Waals surface area contributed by atoms with Crippen molar-refractivity contribution in [1.29, 1.82) is 0 Å². The second-order valence-electron chi connectivity index (χ2n) is 6.36. The van der Waals surface area contributed by atoms with Crippen LogP contribution in [-0.2, 0) is 19.7 Å². The van der Waals surface area contributed by atoms with Crippen molar-refractivity contribution in [2.24, 2.45) is 5.92 Å². The van der Waals surface area contributed by atoms with Crippen molar-refractivity contribution in [3.8, 4) is 5.75 Å². The van der Waals surface area contributed by atoms with E-state index in [1.807, 2.05) is 18.7 Å². The van der Waals surface area contributed by atoms with Gasteiger partial charge >= 0.3 is 0 Å². The molecule has 0 spiro atoms. The summed E-state index contributed by atoms with van der Waals surface area (Å²) < 4.78 is 2.13. The molecule has 2 aromatic rings. The molecule has 0 aliphatic carbocycles. The van der Waals surface area contributed by atoms with Crippen molar-refractivity contribution in [3.05, 3.63) is 41.7 Å². The number of hydrogen-bond donors (Lipinski definition) is 2. The Morgan fingerprint density at radius 1 is 1.39 bits per heavy atom. The number of likely N-dealkylation sites (tertiary alicyclic amines) is 1. The lowest BCUT2D eigenvalue weighted by Gasteiger charge is -2.33. The Kier molecular flexibility index (Phi) is 4.93. The van der Waals surface area contributed by atoms with E-state index in [2.05, 4.69) is 19.4 Å². The van der Waals surface area contributed by atoms with E-state index in [1.165, 1.54) is 6.42 Å². The molecule has 0 radical (unpaired) electrons. The Balaban J connectivity index is 1.69. The third-order valence-electron chi connectivity index (χ3n) is 4.61. The lowest BCUT2D eigenvalue weighted by Crippen LogP contribution is -2.36. The summed E-state index contributed by atoms with van der Waals surface area (Å²) in [5.74, 6) is 0.800. The summed E-state index contributed by atoms with van der Waals surface area (Å²) in [6.07, 6.45) is 9.70. The average molecular weight is 316 g/mol. The number of aromatic nitrogens is 3. The van der Waals surface area contributed by atoms with Crippen LogP contribution < -0.4 is 0 Å². The lowest BCUT2D eigenvalue weighted by atomic mass is 9.97. The summed E-state index contributed by atoms with van der Waals surface area (Å²) in [5.41, 5.74) is 2.14. The van der Waals surface area contributed by atoms with E-state index in [1.54, 1.807) is 13.1 Å². The zero-order valence-corrected chi connectivity index (χ0v) is 13.5. The highest BCUT2D eigenvalue weighted by atomic mass is 16.3. The van der Waals surface area contributed by atoms with Crippen molar-refractivity contribution >= 4 is 0 Å². The van der Waals surface area contributed by atoms with E-state index in [4.69, 9.17) is 0 Å². The van der Waals surface area contributed by atoms with E-state index in [0.717, 1.165) is 31.6 Å². The Morgan fingerprint density at radius 3 is 3.00 bits per heavy atom.